The number of hydrogen-bond donors (Lipinski definition) is 3. The molecule has 0 aliphatic carbocycles. The standard InChI is InChI=1S/C9H11O2.Ag.H3O4P/c1-7-4-5-8(10-2)9(6-7)11-3;;1-5(2,3)4/h4-6H,1H2,2-3H3;;(H3,1,2,3,4). The summed E-state index contributed by atoms with van der Waals surface area (Å²) in [5.74, 6) is 1.54. The molecule has 0 unspecified atom stereocenters. The molecule has 0 fully saturated rings. The molecule has 0 amide bonds. The Morgan fingerprint density at radius 3 is 2.00 bits per heavy atom. The van der Waals surface area contributed by atoms with Crippen LogP contribution < -0.4 is 9.47 Å². The van der Waals surface area contributed by atoms with Gasteiger partial charge in [-0.2, -0.15) is 0 Å². The van der Waals surface area contributed by atoms with Gasteiger partial charge in [0.2, 0.25) is 0 Å². The molecule has 0 aromatic heterocycles. The van der Waals surface area contributed by atoms with E-state index in [0.717, 1.165) is 16.1 Å². The van der Waals surface area contributed by atoms with Gasteiger partial charge in [0, 0.05) is 0 Å². The van der Waals surface area contributed by atoms with E-state index in [-0.39, 0.29) is 0 Å². The normalized spacial score (nSPS) is 10.3. The summed E-state index contributed by atoms with van der Waals surface area (Å²) >= 11 is 3.39. The molecule has 0 radical (unpaired) electrons. The zero-order valence-corrected chi connectivity index (χ0v) is 11.6. The van der Waals surface area contributed by atoms with E-state index >= 15 is 0 Å². The molecule has 0 aliphatic heterocycles. The van der Waals surface area contributed by atoms with E-state index in [2.05, 4.69) is 21.1 Å². The number of methoxy groups -OCH3 is 2. The average Bonchev–Trinajstić information content (AvgIpc) is 2.25. The molecule has 0 spiro atoms. The summed E-state index contributed by atoms with van der Waals surface area (Å²) in [5.41, 5.74) is 1.17. The number of benzene rings is 1. The number of ether oxygens (including phenoxy) is 2. The van der Waals surface area contributed by atoms with Crippen LogP contribution in [0.3, 0.4) is 0 Å². The molecule has 0 atom stereocenters. The van der Waals surface area contributed by atoms with Gasteiger partial charge >= 0.3 is 92.5 Å². The number of hydrogen-bond acceptors (Lipinski definition) is 3. The minimum atomic E-state index is -4.64. The van der Waals surface area contributed by atoms with Gasteiger partial charge in [-0.1, -0.05) is 0 Å². The van der Waals surface area contributed by atoms with Crippen molar-refractivity contribution in [3.05, 3.63) is 23.8 Å². The van der Waals surface area contributed by atoms with Crippen LogP contribution in [0.15, 0.2) is 18.2 Å². The fraction of sp³-hybridized carbons (Fsp3) is 0.333. The van der Waals surface area contributed by atoms with Crippen molar-refractivity contribution >= 4 is 7.82 Å². The minimum absolute atomic E-state index is 0.766. The van der Waals surface area contributed by atoms with Crippen molar-refractivity contribution in [1.29, 1.82) is 0 Å². The largest absolute Gasteiger partial charge is 0.466 e. The first kappa shape index (κ1) is 16.7. The summed E-state index contributed by atoms with van der Waals surface area (Å²) in [7, 11) is -1.37. The molecule has 0 saturated heterocycles. The Morgan fingerprint density at radius 1 is 1.18 bits per heavy atom. The first-order valence-corrected chi connectivity index (χ1v) is 6.93. The van der Waals surface area contributed by atoms with E-state index in [0.29, 0.717) is 0 Å². The van der Waals surface area contributed by atoms with E-state index in [4.69, 9.17) is 28.7 Å². The van der Waals surface area contributed by atoms with Crippen molar-refractivity contribution in [1.82, 2.24) is 0 Å². The maximum Gasteiger partial charge on any atom is 0.466 e. The van der Waals surface area contributed by atoms with Crippen LogP contribution in [0.4, 0.5) is 0 Å². The van der Waals surface area contributed by atoms with Gasteiger partial charge in [0.15, 0.2) is 0 Å². The second-order valence-corrected chi connectivity index (χ2v) is 4.36. The Bertz CT molecular complexity index is 383. The molecule has 0 saturated carbocycles. The summed E-state index contributed by atoms with van der Waals surface area (Å²) in [5, 5.41) is 0. The summed E-state index contributed by atoms with van der Waals surface area (Å²) < 4.78 is 19.9. The quantitative estimate of drug-likeness (QED) is 0.548. The zero-order valence-electron chi connectivity index (χ0n) is 9.25. The van der Waals surface area contributed by atoms with E-state index in [9.17, 15) is 0 Å². The van der Waals surface area contributed by atoms with E-state index in [1.165, 1.54) is 5.56 Å². The molecular weight excluding hydrogens is 343 g/mol. The maximum absolute atomic E-state index is 8.88. The van der Waals surface area contributed by atoms with Gasteiger partial charge in [0.1, 0.15) is 0 Å². The van der Waals surface area contributed by atoms with Crippen molar-refractivity contribution < 1.29 is 49.8 Å². The molecular formula is C9H14AgO6P. The second kappa shape index (κ2) is 7.89. The molecule has 0 bridgehead atoms. The predicted octanol–water partition coefficient (Wildman–Crippen LogP) is 0.822. The molecule has 102 valence electrons. The fourth-order valence-corrected chi connectivity index (χ4v) is 1.27. The minimum Gasteiger partial charge on any atom is -0.303 e. The van der Waals surface area contributed by atoms with E-state index in [1.54, 1.807) is 14.2 Å². The number of phosphoric acid groups is 1. The van der Waals surface area contributed by atoms with Gasteiger partial charge in [-0.05, 0) is 0 Å². The first-order chi connectivity index (χ1) is 7.81. The average molecular weight is 357 g/mol. The first-order valence-electron chi connectivity index (χ1n) is 4.31. The van der Waals surface area contributed by atoms with Crippen LogP contribution in [-0.2, 0) is 30.3 Å². The predicted molar refractivity (Wildman–Crippen MR) is 57.5 cm³/mol. The van der Waals surface area contributed by atoms with Gasteiger partial charge in [-0.15, -0.1) is 0 Å². The zero-order chi connectivity index (χ0) is 13.5. The molecule has 17 heavy (non-hydrogen) atoms. The third-order valence-electron chi connectivity index (χ3n) is 1.57. The van der Waals surface area contributed by atoms with Gasteiger partial charge in [0.25, 0.3) is 0 Å². The maximum atomic E-state index is 8.88. The van der Waals surface area contributed by atoms with Crippen LogP contribution in [-0.4, -0.2) is 28.9 Å². The Kier molecular flexibility index (Phi) is 7.74. The van der Waals surface area contributed by atoms with Gasteiger partial charge < -0.3 is 14.7 Å². The summed E-state index contributed by atoms with van der Waals surface area (Å²) in [6, 6.07) is 5.84. The molecule has 6 nitrogen and oxygen atoms in total. The summed E-state index contributed by atoms with van der Waals surface area (Å²) in [6.45, 7) is 0. The van der Waals surface area contributed by atoms with Crippen molar-refractivity contribution in [2.45, 2.75) is 4.64 Å². The molecule has 0 heterocycles. The van der Waals surface area contributed by atoms with Crippen LogP contribution >= 0.6 is 7.82 Å². The molecule has 1 rings (SSSR count). The number of rotatable bonds is 3. The van der Waals surface area contributed by atoms with Crippen LogP contribution in [0.2, 0.25) is 0 Å². The summed E-state index contributed by atoms with van der Waals surface area (Å²) in [4.78, 5) is 21.6. The Morgan fingerprint density at radius 2 is 1.65 bits per heavy atom. The van der Waals surface area contributed by atoms with Crippen LogP contribution in [0.25, 0.3) is 0 Å². The smallest absolute Gasteiger partial charge is 0.303 e. The molecule has 8 heteroatoms. The van der Waals surface area contributed by atoms with Crippen molar-refractivity contribution in [2.24, 2.45) is 0 Å². The van der Waals surface area contributed by atoms with Crippen molar-refractivity contribution in [3.63, 3.8) is 0 Å². The Balaban J connectivity index is 0.000000437. The Labute approximate surface area is 112 Å². The Hall–Kier alpha value is -0.330. The van der Waals surface area contributed by atoms with Crippen LogP contribution in [0, 0.1) is 0 Å². The fourth-order valence-electron chi connectivity index (χ4n) is 0.947. The molecule has 1 aromatic carbocycles. The SMILES string of the molecule is COc1ccc([CH2][Ag])cc1OC.O=P(O)(O)O. The molecule has 0 aliphatic rings. The second-order valence-electron chi connectivity index (χ2n) is 2.81. The van der Waals surface area contributed by atoms with Crippen LogP contribution in [0.5, 0.6) is 11.5 Å². The van der Waals surface area contributed by atoms with Crippen LogP contribution in [0.1, 0.15) is 5.56 Å². The summed E-state index contributed by atoms with van der Waals surface area (Å²) in [6.07, 6.45) is 0. The van der Waals surface area contributed by atoms with E-state index < -0.39 is 7.82 Å². The monoisotopic (exact) mass is 356 g/mol. The van der Waals surface area contributed by atoms with E-state index in [1.807, 2.05) is 18.2 Å². The van der Waals surface area contributed by atoms with Crippen molar-refractivity contribution in [2.75, 3.05) is 14.2 Å². The van der Waals surface area contributed by atoms with Gasteiger partial charge in [-0.25, -0.2) is 4.57 Å². The third-order valence-corrected chi connectivity index (χ3v) is 2.18. The van der Waals surface area contributed by atoms with Crippen molar-refractivity contribution in [3.8, 4) is 11.5 Å². The third kappa shape index (κ3) is 8.40. The topological polar surface area (TPSA) is 96.2 Å². The molecule has 3 N–H and O–H groups in total. The van der Waals surface area contributed by atoms with Gasteiger partial charge in [0.05, 0.1) is 0 Å². The molecule has 1 aromatic rings. The van der Waals surface area contributed by atoms with Gasteiger partial charge in [-0.3, -0.25) is 0 Å².